The van der Waals surface area contributed by atoms with Gasteiger partial charge in [0, 0.05) is 48.3 Å². The molecule has 0 atom stereocenters. The molecule has 0 saturated carbocycles. The average Bonchev–Trinajstić information content (AvgIpc) is 2.79. The lowest BCUT2D eigenvalue weighted by Crippen LogP contribution is -2.03. The van der Waals surface area contributed by atoms with Crippen LogP contribution in [-0.4, -0.2) is 15.8 Å². The minimum Gasteiger partial charge on any atom is -0.380 e. The summed E-state index contributed by atoms with van der Waals surface area (Å²) in [6.07, 6.45) is 2.86. The van der Waals surface area contributed by atoms with E-state index < -0.39 is 0 Å². The van der Waals surface area contributed by atoms with Gasteiger partial charge in [0.25, 0.3) is 0 Å². The molecule has 22 heavy (non-hydrogen) atoms. The Morgan fingerprint density at radius 1 is 1.32 bits per heavy atom. The summed E-state index contributed by atoms with van der Waals surface area (Å²) in [6, 6.07) is 10.4. The van der Waals surface area contributed by atoms with Crippen LogP contribution in [0.4, 0.5) is 5.69 Å². The van der Waals surface area contributed by atoms with Crippen LogP contribution in [0.1, 0.15) is 16.8 Å². The van der Waals surface area contributed by atoms with Crippen LogP contribution in [0.15, 0.2) is 36.5 Å². The first-order valence-corrected chi connectivity index (χ1v) is 7.42. The van der Waals surface area contributed by atoms with E-state index in [1.807, 2.05) is 6.07 Å². The lowest BCUT2D eigenvalue weighted by molar-refractivity contribution is 0.918. The Balaban J connectivity index is 1.85. The second-order valence-electron chi connectivity index (χ2n) is 5.30. The lowest BCUT2D eigenvalue weighted by atomic mass is 10.1. The molecule has 4 nitrogen and oxygen atoms in total. The summed E-state index contributed by atoms with van der Waals surface area (Å²) in [6.45, 7) is 2.78. The summed E-state index contributed by atoms with van der Waals surface area (Å²) in [5.74, 6) is 0. The Kier molecular flexibility index (Phi) is 3.86. The van der Waals surface area contributed by atoms with E-state index in [1.165, 1.54) is 28.4 Å². The molecule has 3 rings (SSSR count). The highest BCUT2D eigenvalue weighted by atomic mass is 35.5. The number of nitrogens with zero attached hydrogens (tertiary/aromatic N) is 2. The second-order valence-corrected chi connectivity index (χ2v) is 5.66. The number of hydrogen-bond donors (Lipinski definition) is 2. The first-order valence-electron chi connectivity index (χ1n) is 7.04. The topological polar surface area (TPSA) is 53.7 Å². The summed E-state index contributed by atoms with van der Waals surface area (Å²) >= 11 is 6.00. The number of halogens is 1. The normalized spacial score (nSPS) is 10.9. The van der Waals surface area contributed by atoms with E-state index in [2.05, 4.69) is 53.1 Å². The minimum atomic E-state index is 0.342. The summed E-state index contributed by atoms with van der Waals surface area (Å²) in [5, 5.41) is 12.4. The van der Waals surface area contributed by atoms with Crippen molar-refractivity contribution in [1.82, 2.24) is 9.55 Å². The SMILES string of the molecule is Cc1cc2cc(CNc3ccnc(Cl)c3C=N)ccc2n1C. The molecule has 0 aliphatic carbocycles. The van der Waals surface area contributed by atoms with Crippen molar-refractivity contribution in [2.45, 2.75) is 13.5 Å². The number of benzene rings is 1. The molecular formula is C17H17ClN4. The third kappa shape index (κ3) is 2.57. The van der Waals surface area contributed by atoms with Crippen molar-refractivity contribution in [2.24, 2.45) is 7.05 Å². The van der Waals surface area contributed by atoms with Gasteiger partial charge in [0.2, 0.25) is 0 Å². The third-order valence-electron chi connectivity index (χ3n) is 3.92. The molecule has 0 aliphatic rings. The molecule has 0 spiro atoms. The van der Waals surface area contributed by atoms with E-state index in [0.29, 0.717) is 17.3 Å². The fraction of sp³-hybridized carbons (Fsp3) is 0.176. The summed E-state index contributed by atoms with van der Waals surface area (Å²) in [4.78, 5) is 3.99. The van der Waals surface area contributed by atoms with Crippen molar-refractivity contribution in [3.63, 3.8) is 0 Å². The molecule has 0 radical (unpaired) electrons. The van der Waals surface area contributed by atoms with Crippen molar-refractivity contribution in [3.8, 4) is 0 Å². The van der Waals surface area contributed by atoms with Crippen LogP contribution in [0.3, 0.4) is 0 Å². The Bertz CT molecular complexity index is 851. The van der Waals surface area contributed by atoms with Crippen molar-refractivity contribution < 1.29 is 0 Å². The van der Waals surface area contributed by atoms with Gasteiger partial charge in [0.1, 0.15) is 5.15 Å². The maximum absolute atomic E-state index is 7.45. The number of rotatable bonds is 4. The predicted octanol–water partition coefficient (Wildman–Crippen LogP) is 4.14. The van der Waals surface area contributed by atoms with E-state index in [-0.39, 0.29) is 0 Å². The maximum atomic E-state index is 7.45. The highest BCUT2D eigenvalue weighted by molar-refractivity contribution is 6.32. The van der Waals surface area contributed by atoms with Crippen LogP contribution in [0, 0.1) is 12.3 Å². The Morgan fingerprint density at radius 2 is 2.14 bits per heavy atom. The molecule has 0 unspecified atom stereocenters. The van der Waals surface area contributed by atoms with Gasteiger partial charge < -0.3 is 15.3 Å². The van der Waals surface area contributed by atoms with Crippen LogP contribution in [0.2, 0.25) is 5.15 Å². The molecule has 5 heteroatoms. The molecule has 2 N–H and O–H groups in total. The summed E-state index contributed by atoms with van der Waals surface area (Å²) in [5.41, 5.74) is 5.09. The van der Waals surface area contributed by atoms with Gasteiger partial charge in [-0.3, -0.25) is 0 Å². The molecule has 0 aliphatic heterocycles. The fourth-order valence-electron chi connectivity index (χ4n) is 2.58. The van der Waals surface area contributed by atoms with Gasteiger partial charge in [-0.1, -0.05) is 17.7 Å². The molecule has 0 saturated heterocycles. The molecule has 112 valence electrons. The van der Waals surface area contributed by atoms with Gasteiger partial charge in [0.05, 0.1) is 5.56 Å². The first-order chi connectivity index (χ1) is 10.6. The van der Waals surface area contributed by atoms with Crippen LogP contribution < -0.4 is 5.32 Å². The maximum Gasteiger partial charge on any atom is 0.139 e. The van der Waals surface area contributed by atoms with E-state index in [4.69, 9.17) is 17.0 Å². The Morgan fingerprint density at radius 3 is 2.91 bits per heavy atom. The van der Waals surface area contributed by atoms with Crippen LogP contribution in [0.25, 0.3) is 10.9 Å². The quantitative estimate of drug-likeness (QED) is 0.562. The molecule has 0 fully saturated rings. The van der Waals surface area contributed by atoms with E-state index >= 15 is 0 Å². The smallest absolute Gasteiger partial charge is 0.139 e. The number of anilines is 1. The summed E-state index contributed by atoms with van der Waals surface area (Å²) in [7, 11) is 2.07. The largest absolute Gasteiger partial charge is 0.380 e. The molecular weight excluding hydrogens is 296 g/mol. The van der Waals surface area contributed by atoms with Crippen LogP contribution in [0.5, 0.6) is 0 Å². The number of aromatic nitrogens is 2. The zero-order valence-corrected chi connectivity index (χ0v) is 13.3. The average molecular weight is 313 g/mol. The second kappa shape index (κ2) is 5.81. The van der Waals surface area contributed by atoms with Gasteiger partial charge in [-0.25, -0.2) is 4.98 Å². The van der Waals surface area contributed by atoms with Gasteiger partial charge in [0.15, 0.2) is 0 Å². The lowest BCUT2D eigenvalue weighted by Gasteiger charge is -2.10. The molecule has 2 aromatic heterocycles. The van der Waals surface area contributed by atoms with Crippen molar-refractivity contribution in [2.75, 3.05) is 5.32 Å². The molecule has 0 amide bonds. The molecule has 1 aromatic carbocycles. The number of fused-ring (bicyclic) bond motifs is 1. The number of nitrogens with one attached hydrogen (secondary N) is 2. The minimum absolute atomic E-state index is 0.342. The number of aryl methyl sites for hydroxylation is 2. The van der Waals surface area contributed by atoms with E-state index in [1.54, 1.807) is 6.20 Å². The van der Waals surface area contributed by atoms with Crippen LogP contribution in [-0.2, 0) is 13.6 Å². The Labute approximate surface area is 134 Å². The van der Waals surface area contributed by atoms with Gasteiger partial charge in [-0.15, -0.1) is 0 Å². The van der Waals surface area contributed by atoms with E-state index in [0.717, 1.165) is 5.69 Å². The van der Waals surface area contributed by atoms with Crippen molar-refractivity contribution >= 4 is 34.4 Å². The van der Waals surface area contributed by atoms with Gasteiger partial charge in [-0.05, 0) is 36.8 Å². The molecule has 2 heterocycles. The molecule has 0 bridgehead atoms. The standard InChI is InChI=1S/C17H17ClN4/c1-11-7-13-8-12(3-4-16(13)22(11)2)10-21-15-5-6-20-17(18)14(15)9-19/h3-9,19H,10H2,1-2H3,(H,20,21). The highest BCUT2D eigenvalue weighted by Gasteiger charge is 2.07. The fourth-order valence-corrected chi connectivity index (χ4v) is 2.80. The van der Waals surface area contributed by atoms with Crippen molar-refractivity contribution in [1.29, 1.82) is 5.41 Å². The Hall–Kier alpha value is -2.33. The zero-order chi connectivity index (χ0) is 15.7. The predicted molar refractivity (Wildman–Crippen MR) is 92.1 cm³/mol. The van der Waals surface area contributed by atoms with Gasteiger partial charge in [-0.2, -0.15) is 0 Å². The molecule has 3 aromatic rings. The van der Waals surface area contributed by atoms with Crippen LogP contribution >= 0.6 is 11.6 Å². The number of pyridine rings is 1. The van der Waals surface area contributed by atoms with Gasteiger partial charge >= 0.3 is 0 Å². The summed E-state index contributed by atoms with van der Waals surface area (Å²) < 4.78 is 2.18. The monoisotopic (exact) mass is 312 g/mol. The van der Waals surface area contributed by atoms with Crippen molar-refractivity contribution in [3.05, 3.63) is 58.5 Å². The van der Waals surface area contributed by atoms with E-state index in [9.17, 15) is 0 Å². The highest BCUT2D eigenvalue weighted by Crippen LogP contribution is 2.23. The first kappa shape index (κ1) is 14.6. The number of hydrogen-bond acceptors (Lipinski definition) is 3. The zero-order valence-electron chi connectivity index (χ0n) is 12.5. The third-order valence-corrected chi connectivity index (χ3v) is 4.22.